The van der Waals surface area contributed by atoms with Gasteiger partial charge in [-0.1, -0.05) is 12.1 Å². The van der Waals surface area contributed by atoms with Gasteiger partial charge in [0.05, 0.1) is 11.2 Å². The normalized spacial score (nSPS) is 11.4. The average molecular weight is 425 g/mol. The summed E-state index contributed by atoms with van der Waals surface area (Å²) in [7, 11) is 0. The summed E-state index contributed by atoms with van der Waals surface area (Å²) >= 11 is 0. The molecule has 2 N–H and O–H groups in total. The molecule has 0 aliphatic rings. The van der Waals surface area contributed by atoms with E-state index in [0.29, 0.717) is 50.3 Å². The van der Waals surface area contributed by atoms with Crippen LogP contribution in [0, 0.1) is 11.6 Å². The number of aromatic amines is 2. The third-order valence-electron chi connectivity index (χ3n) is 5.24. The van der Waals surface area contributed by atoms with Crippen molar-refractivity contribution in [2.75, 3.05) is 0 Å². The fourth-order valence-electron chi connectivity index (χ4n) is 3.77. The fraction of sp³-hybridized carbons (Fsp3) is 0. The zero-order valence-electron chi connectivity index (χ0n) is 16.3. The van der Waals surface area contributed by atoms with Gasteiger partial charge in [-0.25, -0.2) is 23.7 Å². The number of aromatic nitrogens is 7. The van der Waals surface area contributed by atoms with Crippen molar-refractivity contribution in [1.29, 1.82) is 0 Å². The smallest absolute Gasteiger partial charge is 0.157 e. The number of H-pyrrole nitrogens is 2. The highest BCUT2D eigenvalue weighted by molar-refractivity contribution is 5.97. The number of imidazole rings is 1. The maximum absolute atomic E-state index is 14.8. The molecule has 6 rings (SSSR count). The summed E-state index contributed by atoms with van der Waals surface area (Å²) in [6.45, 7) is 0. The van der Waals surface area contributed by atoms with Crippen molar-refractivity contribution in [1.82, 2.24) is 35.1 Å². The maximum atomic E-state index is 14.8. The lowest BCUT2D eigenvalue weighted by Gasteiger charge is -2.02. The average Bonchev–Trinajstić information content (AvgIpc) is 3.44. The van der Waals surface area contributed by atoms with Gasteiger partial charge in [0.2, 0.25) is 0 Å². The first-order chi connectivity index (χ1) is 15.7. The van der Waals surface area contributed by atoms with Gasteiger partial charge in [0, 0.05) is 35.1 Å². The van der Waals surface area contributed by atoms with Crippen LogP contribution in [0.1, 0.15) is 0 Å². The van der Waals surface area contributed by atoms with E-state index in [1.807, 2.05) is 6.07 Å². The highest BCUT2D eigenvalue weighted by Gasteiger charge is 2.18. The lowest BCUT2D eigenvalue weighted by atomic mass is 10.1. The summed E-state index contributed by atoms with van der Waals surface area (Å²) in [5.74, 6) is -0.361. The van der Waals surface area contributed by atoms with E-state index in [1.165, 1.54) is 24.5 Å². The molecule has 0 aliphatic carbocycles. The third-order valence-corrected chi connectivity index (χ3v) is 5.24. The van der Waals surface area contributed by atoms with E-state index in [9.17, 15) is 8.78 Å². The summed E-state index contributed by atoms with van der Waals surface area (Å²) in [5.41, 5.74) is 4.47. The molecule has 0 radical (unpaired) electrons. The SMILES string of the molecule is Fc1cccc(-c2nccc3[nH]c(-c4[nH]nc5c(F)cc(-c6cncnc6)cc45)nc23)c1. The van der Waals surface area contributed by atoms with E-state index in [-0.39, 0.29) is 11.3 Å². The predicted molar refractivity (Wildman–Crippen MR) is 115 cm³/mol. The van der Waals surface area contributed by atoms with Crippen LogP contribution in [0.2, 0.25) is 0 Å². The molecule has 4 heterocycles. The van der Waals surface area contributed by atoms with Gasteiger partial charge < -0.3 is 4.98 Å². The second-order valence-electron chi connectivity index (χ2n) is 7.23. The number of fused-ring (bicyclic) bond motifs is 2. The number of hydrogen-bond acceptors (Lipinski definition) is 5. The van der Waals surface area contributed by atoms with Crippen molar-refractivity contribution >= 4 is 21.9 Å². The molecule has 0 atom stereocenters. The minimum absolute atomic E-state index is 0.199. The summed E-state index contributed by atoms with van der Waals surface area (Å²) in [6.07, 6.45) is 6.28. The zero-order valence-corrected chi connectivity index (χ0v) is 16.3. The van der Waals surface area contributed by atoms with Crippen LogP contribution in [-0.4, -0.2) is 35.1 Å². The second-order valence-corrected chi connectivity index (χ2v) is 7.23. The molecule has 2 aromatic carbocycles. The Morgan fingerprint density at radius 1 is 0.844 bits per heavy atom. The van der Waals surface area contributed by atoms with Gasteiger partial charge >= 0.3 is 0 Å². The molecule has 0 aliphatic heterocycles. The van der Waals surface area contributed by atoms with Gasteiger partial charge in [-0.3, -0.25) is 10.1 Å². The number of nitrogens with one attached hydrogen (secondary N) is 2. The first-order valence-corrected chi connectivity index (χ1v) is 9.71. The molecule has 0 fully saturated rings. The van der Waals surface area contributed by atoms with Gasteiger partial charge in [0.25, 0.3) is 0 Å². The van der Waals surface area contributed by atoms with Crippen molar-refractivity contribution in [2.45, 2.75) is 0 Å². The van der Waals surface area contributed by atoms with E-state index >= 15 is 0 Å². The highest BCUT2D eigenvalue weighted by Crippen LogP contribution is 2.33. The number of rotatable bonds is 3. The van der Waals surface area contributed by atoms with E-state index in [1.54, 1.807) is 36.8 Å². The van der Waals surface area contributed by atoms with Gasteiger partial charge in [-0.05, 0) is 35.9 Å². The Kier molecular flexibility index (Phi) is 4.00. The molecule has 7 nitrogen and oxygen atoms in total. The molecule has 0 unspecified atom stereocenters. The van der Waals surface area contributed by atoms with Crippen molar-refractivity contribution in [2.24, 2.45) is 0 Å². The Morgan fingerprint density at radius 3 is 2.56 bits per heavy atom. The summed E-state index contributed by atoms with van der Waals surface area (Å²) in [6, 6.07) is 11.2. The van der Waals surface area contributed by atoms with Crippen LogP contribution in [0.15, 0.2) is 67.4 Å². The van der Waals surface area contributed by atoms with Gasteiger partial charge in [0.1, 0.15) is 28.9 Å². The number of pyridine rings is 1. The van der Waals surface area contributed by atoms with Gasteiger partial charge in [-0.15, -0.1) is 0 Å². The molecule has 0 saturated heterocycles. The molecule has 0 spiro atoms. The summed E-state index contributed by atoms with van der Waals surface area (Å²) in [5, 5.41) is 7.58. The Bertz CT molecular complexity index is 1610. The zero-order chi connectivity index (χ0) is 21.7. The minimum Gasteiger partial charge on any atom is -0.337 e. The molecule has 6 aromatic rings. The van der Waals surface area contributed by atoms with E-state index in [0.717, 1.165) is 0 Å². The molecule has 0 saturated carbocycles. The molecule has 9 heteroatoms. The number of hydrogen-bond donors (Lipinski definition) is 2. The molecule has 154 valence electrons. The van der Waals surface area contributed by atoms with E-state index in [4.69, 9.17) is 0 Å². The Balaban J connectivity index is 1.54. The molecule has 0 amide bonds. The first-order valence-electron chi connectivity index (χ1n) is 9.71. The third kappa shape index (κ3) is 2.90. The van der Waals surface area contributed by atoms with E-state index < -0.39 is 5.82 Å². The predicted octanol–water partition coefficient (Wildman–Crippen LogP) is 4.90. The van der Waals surface area contributed by atoms with Crippen molar-refractivity contribution in [3.05, 3.63) is 79.0 Å². The fourth-order valence-corrected chi connectivity index (χ4v) is 3.77. The number of halogens is 2. The van der Waals surface area contributed by atoms with Crippen LogP contribution in [0.4, 0.5) is 8.78 Å². The van der Waals surface area contributed by atoms with Crippen LogP contribution in [0.25, 0.3) is 55.8 Å². The summed E-state index contributed by atoms with van der Waals surface area (Å²) in [4.78, 5) is 20.3. The van der Waals surface area contributed by atoms with Gasteiger partial charge in [0.15, 0.2) is 11.6 Å². The van der Waals surface area contributed by atoms with Crippen LogP contribution < -0.4 is 0 Å². The quantitative estimate of drug-likeness (QED) is 0.420. The molecule has 0 bridgehead atoms. The largest absolute Gasteiger partial charge is 0.337 e. The van der Waals surface area contributed by atoms with Crippen molar-refractivity contribution in [3.63, 3.8) is 0 Å². The minimum atomic E-state index is -0.470. The number of benzene rings is 2. The lowest BCUT2D eigenvalue weighted by molar-refractivity contribution is 0.628. The second kappa shape index (κ2) is 7.02. The van der Waals surface area contributed by atoms with Crippen LogP contribution in [-0.2, 0) is 0 Å². The summed E-state index contributed by atoms with van der Waals surface area (Å²) < 4.78 is 28.5. The number of nitrogens with zero attached hydrogens (tertiary/aromatic N) is 5. The van der Waals surface area contributed by atoms with Crippen LogP contribution in [0.5, 0.6) is 0 Å². The van der Waals surface area contributed by atoms with Crippen LogP contribution >= 0.6 is 0 Å². The highest BCUT2D eigenvalue weighted by atomic mass is 19.1. The topological polar surface area (TPSA) is 96.0 Å². The molecule has 4 aromatic heterocycles. The molecular weight excluding hydrogens is 412 g/mol. The molecule has 32 heavy (non-hydrogen) atoms. The Morgan fingerprint density at radius 2 is 1.72 bits per heavy atom. The van der Waals surface area contributed by atoms with E-state index in [2.05, 4.69) is 35.1 Å². The Hall–Kier alpha value is -4.53. The first kappa shape index (κ1) is 18.3. The molecular formula is C23H13F2N7. The monoisotopic (exact) mass is 425 g/mol. The van der Waals surface area contributed by atoms with Crippen molar-refractivity contribution in [3.8, 4) is 33.9 Å². The maximum Gasteiger partial charge on any atom is 0.157 e. The van der Waals surface area contributed by atoms with Crippen molar-refractivity contribution < 1.29 is 8.78 Å². The Labute approximate surface area is 179 Å². The van der Waals surface area contributed by atoms with Gasteiger partial charge in [-0.2, -0.15) is 5.10 Å². The standard InChI is InChI=1S/C23H13F2N7/c24-15-3-1-2-12(6-15)19-22-18(4-5-28-19)29-23(30-22)21-16-7-13(14-9-26-11-27-10-14)8-17(25)20(16)31-32-21/h1-11H,(H,29,30)(H,31,32). The van der Waals surface area contributed by atoms with Crippen LogP contribution in [0.3, 0.4) is 0 Å². The lowest BCUT2D eigenvalue weighted by Crippen LogP contribution is -1.87.